The van der Waals surface area contributed by atoms with Crippen molar-refractivity contribution < 1.29 is 18.7 Å². The van der Waals surface area contributed by atoms with Crippen LogP contribution in [0.15, 0.2) is 46.9 Å². The van der Waals surface area contributed by atoms with Gasteiger partial charge in [0.25, 0.3) is 0 Å². The maximum absolute atomic E-state index is 12.8. The van der Waals surface area contributed by atoms with Crippen LogP contribution in [0.4, 0.5) is 5.69 Å². The van der Waals surface area contributed by atoms with Gasteiger partial charge in [-0.25, -0.2) is 4.98 Å². The first-order chi connectivity index (χ1) is 15.1. The number of nitrogens with zero attached hydrogens (tertiary/aromatic N) is 2. The molecule has 0 spiro atoms. The van der Waals surface area contributed by atoms with Crippen molar-refractivity contribution >= 4 is 23.4 Å². The van der Waals surface area contributed by atoms with Crippen LogP contribution in [0, 0.1) is 6.92 Å². The number of fused-ring (bicyclic) bond motifs is 1. The fraction of sp³-hybridized carbons (Fsp3) is 0.333. The molecular formula is C24H26N2O4S. The van der Waals surface area contributed by atoms with Crippen molar-refractivity contribution in [2.45, 2.75) is 25.5 Å². The van der Waals surface area contributed by atoms with E-state index in [2.05, 4.69) is 11.1 Å². The summed E-state index contributed by atoms with van der Waals surface area (Å²) in [5.74, 6) is 3.73. The van der Waals surface area contributed by atoms with Gasteiger partial charge in [0.2, 0.25) is 11.8 Å². The van der Waals surface area contributed by atoms with Gasteiger partial charge in [-0.15, -0.1) is 11.8 Å². The number of benzene rings is 2. The van der Waals surface area contributed by atoms with Crippen molar-refractivity contribution in [1.29, 1.82) is 0 Å². The van der Waals surface area contributed by atoms with E-state index in [1.807, 2.05) is 48.2 Å². The number of ether oxygens (including phenoxy) is 2. The Bertz CT molecular complexity index is 1080. The van der Waals surface area contributed by atoms with Gasteiger partial charge in [-0.2, -0.15) is 0 Å². The third-order valence-corrected chi connectivity index (χ3v) is 6.33. The summed E-state index contributed by atoms with van der Waals surface area (Å²) in [6, 6.07) is 13.7. The highest BCUT2D eigenvalue weighted by molar-refractivity contribution is 7.99. The van der Waals surface area contributed by atoms with Gasteiger partial charge in [0.15, 0.2) is 11.5 Å². The van der Waals surface area contributed by atoms with Crippen molar-refractivity contribution in [3.63, 3.8) is 0 Å². The van der Waals surface area contributed by atoms with Gasteiger partial charge in [-0.05, 0) is 49.6 Å². The second kappa shape index (κ2) is 9.47. The van der Waals surface area contributed by atoms with Crippen LogP contribution in [0.2, 0.25) is 0 Å². The van der Waals surface area contributed by atoms with Gasteiger partial charge in [0, 0.05) is 23.5 Å². The number of thioether (sulfide) groups is 1. The predicted molar refractivity (Wildman–Crippen MR) is 123 cm³/mol. The molecule has 0 atom stereocenters. The largest absolute Gasteiger partial charge is 0.493 e. The quantitative estimate of drug-likeness (QED) is 0.524. The van der Waals surface area contributed by atoms with Crippen LogP contribution in [0.1, 0.15) is 23.4 Å². The standard InChI is InChI=1S/C24H26N2O4S/c1-16-19(25-24(30-16)18-10-11-21(28-2)22(13-18)29-3)14-31-15-23(27)26-12-6-8-17-7-4-5-9-20(17)26/h4-5,7,9-11,13H,6,8,12,14-15H2,1-3H3. The Hall–Kier alpha value is -2.93. The van der Waals surface area contributed by atoms with Crippen LogP contribution in [0.3, 0.4) is 0 Å². The number of aromatic nitrogens is 1. The van der Waals surface area contributed by atoms with Gasteiger partial charge in [0.1, 0.15) is 5.76 Å². The number of carbonyl (C=O) groups excluding carboxylic acids is 1. The molecule has 7 heteroatoms. The summed E-state index contributed by atoms with van der Waals surface area (Å²) >= 11 is 1.56. The molecule has 0 radical (unpaired) electrons. The molecule has 4 rings (SSSR count). The van der Waals surface area contributed by atoms with Crippen LogP contribution in [0.25, 0.3) is 11.5 Å². The Morgan fingerprint density at radius 3 is 2.77 bits per heavy atom. The maximum Gasteiger partial charge on any atom is 0.236 e. The number of methoxy groups -OCH3 is 2. The van der Waals surface area contributed by atoms with Gasteiger partial charge in [-0.3, -0.25) is 4.79 Å². The highest BCUT2D eigenvalue weighted by Crippen LogP contribution is 2.33. The number of para-hydroxylation sites is 1. The van der Waals surface area contributed by atoms with Gasteiger partial charge < -0.3 is 18.8 Å². The maximum atomic E-state index is 12.8. The SMILES string of the molecule is COc1ccc(-c2nc(CSCC(=O)N3CCCc4ccccc43)c(C)o2)cc1OC. The Balaban J connectivity index is 1.40. The number of aryl methyl sites for hydroxylation is 2. The Labute approximate surface area is 186 Å². The third kappa shape index (κ3) is 4.56. The van der Waals surface area contributed by atoms with E-state index >= 15 is 0 Å². The molecule has 3 aromatic rings. The second-order valence-electron chi connectivity index (χ2n) is 7.36. The zero-order valence-corrected chi connectivity index (χ0v) is 18.8. The molecule has 1 aliphatic rings. The lowest BCUT2D eigenvalue weighted by atomic mass is 10.0. The summed E-state index contributed by atoms with van der Waals surface area (Å²) in [5.41, 5.74) is 3.96. The molecule has 0 fully saturated rings. The Morgan fingerprint density at radius 2 is 1.97 bits per heavy atom. The number of anilines is 1. The van der Waals surface area contributed by atoms with E-state index in [0.717, 1.165) is 42.1 Å². The number of hydrogen-bond acceptors (Lipinski definition) is 6. The fourth-order valence-corrected chi connectivity index (χ4v) is 4.65. The second-order valence-corrected chi connectivity index (χ2v) is 8.35. The first-order valence-corrected chi connectivity index (χ1v) is 11.4. The van der Waals surface area contributed by atoms with Gasteiger partial charge in [0.05, 0.1) is 25.7 Å². The fourth-order valence-electron chi connectivity index (χ4n) is 3.76. The smallest absolute Gasteiger partial charge is 0.236 e. The zero-order chi connectivity index (χ0) is 21.8. The van der Waals surface area contributed by atoms with Crippen molar-refractivity contribution in [2.75, 3.05) is 31.4 Å². The molecule has 1 amide bonds. The summed E-state index contributed by atoms with van der Waals surface area (Å²) in [6.45, 7) is 2.68. The minimum atomic E-state index is 0.137. The zero-order valence-electron chi connectivity index (χ0n) is 18.0. The van der Waals surface area contributed by atoms with Gasteiger partial charge >= 0.3 is 0 Å². The van der Waals surface area contributed by atoms with Crippen molar-refractivity contribution in [1.82, 2.24) is 4.98 Å². The lowest BCUT2D eigenvalue weighted by Crippen LogP contribution is -2.36. The lowest BCUT2D eigenvalue weighted by molar-refractivity contribution is -0.116. The summed E-state index contributed by atoms with van der Waals surface area (Å²) in [7, 11) is 3.20. The number of rotatable bonds is 7. The average Bonchev–Trinajstić information content (AvgIpc) is 3.18. The molecule has 0 saturated carbocycles. The molecule has 31 heavy (non-hydrogen) atoms. The molecule has 0 aliphatic carbocycles. The highest BCUT2D eigenvalue weighted by Gasteiger charge is 2.22. The monoisotopic (exact) mass is 438 g/mol. The topological polar surface area (TPSA) is 64.8 Å². The Kier molecular flexibility index (Phi) is 6.51. The summed E-state index contributed by atoms with van der Waals surface area (Å²) in [5, 5.41) is 0. The van der Waals surface area contributed by atoms with Crippen LogP contribution in [-0.2, 0) is 17.0 Å². The molecule has 2 heterocycles. The number of hydrogen-bond donors (Lipinski definition) is 0. The third-order valence-electron chi connectivity index (χ3n) is 5.40. The van der Waals surface area contributed by atoms with E-state index < -0.39 is 0 Å². The molecule has 1 aliphatic heterocycles. The average molecular weight is 439 g/mol. The molecule has 0 bridgehead atoms. The predicted octanol–water partition coefficient (Wildman–Crippen LogP) is 4.88. The summed E-state index contributed by atoms with van der Waals surface area (Å²) in [4.78, 5) is 19.4. The first-order valence-electron chi connectivity index (χ1n) is 10.3. The molecule has 162 valence electrons. The lowest BCUT2D eigenvalue weighted by Gasteiger charge is -2.29. The minimum absolute atomic E-state index is 0.137. The molecule has 2 aromatic carbocycles. The molecular weight excluding hydrogens is 412 g/mol. The summed E-state index contributed by atoms with van der Waals surface area (Å²) < 4.78 is 16.5. The van der Waals surface area contributed by atoms with E-state index in [9.17, 15) is 4.79 Å². The molecule has 0 saturated heterocycles. The van der Waals surface area contributed by atoms with Crippen molar-refractivity contribution in [2.24, 2.45) is 0 Å². The van der Waals surface area contributed by atoms with Crippen LogP contribution >= 0.6 is 11.8 Å². The normalized spacial score (nSPS) is 13.1. The minimum Gasteiger partial charge on any atom is -0.493 e. The molecule has 6 nitrogen and oxygen atoms in total. The van der Waals surface area contributed by atoms with E-state index in [1.54, 1.807) is 26.0 Å². The van der Waals surface area contributed by atoms with Crippen molar-refractivity contribution in [3.05, 3.63) is 59.5 Å². The van der Waals surface area contributed by atoms with Crippen LogP contribution in [0.5, 0.6) is 11.5 Å². The van der Waals surface area contributed by atoms with E-state index in [4.69, 9.17) is 13.9 Å². The van der Waals surface area contributed by atoms with E-state index in [1.165, 1.54) is 5.56 Å². The first kappa shape index (κ1) is 21.3. The van der Waals surface area contributed by atoms with Gasteiger partial charge in [-0.1, -0.05) is 18.2 Å². The van der Waals surface area contributed by atoms with E-state index in [-0.39, 0.29) is 5.91 Å². The van der Waals surface area contributed by atoms with Crippen molar-refractivity contribution in [3.8, 4) is 23.0 Å². The number of oxazole rings is 1. The van der Waals surface area contributed by atoms with Crippen LogP contribution in [-0.4, -0.2) is 37.4 Å². The Morgan fingerprint density at radius 1 is 1.16 bits per heavy atom. The molecule has 0 unspecified atom stereocenters. The molecule has 0 N–H and O–H groups in total. The number of amides is 1. The number of carbonyl (C=O) groups is 1. The molecule has 1 aromatic heterocycles. The van der Waals surface area contributed by atoms with E-state index in [0.29, 0.717) is 28.9 Å². The summed E-state index contributed by atoms with van der Waals surface area (Å²) in [6.07, 6.45) is 2.04. The van der Waals surface area contributed by atoms with Crippen LogP contribution < -0.4 is 14.4 Å². The highest BCUT2D eigenvalue weighted by atomic mass is 32.2.